The van der Waals surface area contributed by atoms with Gasteiger partial charge >= 0.3 is 0 Å². The lowest BCUT2D eigenvalue weighted by atomic mass is 9.67. The number of halogens is 1. The second-order valence-corrected chi connectivity index (χ2v) is 6.15. The largest absolute Gasteiger partial charge is 0.388 e. The number of rotatable bonds is 3. The minimum atomic E-state index is -0.305. The summed E-state index contributed by atoms with van der Waals surface area (Å²) >= 11 is 3.44. The average Bonchev–Trinajstić information content (AvgIpc) is 2.39. The normalized spacial score (nSPS) is 21.1. The number of hydrogen-bond acceptors (Lipinski definition) is 1. The van der Waals surface area contributed by atoms with Crippen molar-refractivity contribution >= 4 is 15.9 Å². The van der Waals surface area contributed by atoms with E-state index < -0.39 is 0 Å². The fourth-order valence-corrected chi connectivity index (χ4v) is 3.34. The number of aliphatic hydroxyl groups is 1. The van der Waals surface area contributed by atoms with Gasteiger partial charge in [-0.05, 0) is 37.0 Å². The molecule has 1 aromatic rings. The summed E-state index contributed by atoms with van der Waals surface area (Å²) in [5.74, 6) is 0. The summed E-state index contributed by atoms with van der Waals surface area (Å²) in [6, 6.07) is 8.12. The first-order valence-corrected chi connectivity index (χ1v) is 7.41. The van der Waals surface area contributed by atoms with Crippen LogP contribution < -0.4 is 0 Å². The van der Waals surface area contributed by atoms with Gasteiger partial charge in [0.2, 0.25) is 0 Å². The van der Waals surface area contributed by atoms with Crippen LogP contribution >= 0.6 is 15.9 Å². The van der Waals surface area contributed by atoms with Gasteiger partial charge < -0.3 is 5.11 Å². The van der Waals surface area contributed by atoms with E-state index in [2.05, 4.69) is 22.9 Å². The van der Waals surface area contributed by atoms with E-state index in [0.717, 1.165) is 16.5 Å². The van der Waals surface area contributed by atoms with Gasteiger partial charge in [0.05, 0.1) is 6.10 Å². The summed E-state index contributed by atoms with van der Waals surface area (Å²) in [5, 5.41) is 10.7. The molecule has 17 heavy (non-hydrogen) atoms. The second kappa shape index (κ2) is 5.53. The molecule has 0 amide bonds. The maximum absolute atomic E-state index is 10.7. The molecule has 1 aromatic carbocycles. The van der Waals surface area contributed by atoms with Crippen LogP contribution in [0, 0.1) is 5.41 Å². The predicted octanol–water partition coefficient (Wildman–Crippen LogP) is 4.84. The molecular formula is C15H21BrO. The van der Waals surface area contributed by atoms with Crippen molar-refractivity contribution in [1.29, 1.82) is 0 Å². The Bertz CT molecular complexity index is 352. The van der Waals surface area contributed by atoms with Gasteiger partial charge in [-0.1, -0.05) is 54.2 Å². The average molecular weight is 297 g/mol. The molecule has 0 radical (unpaired) electrons. The molecule has 94 valence electrons. The van der Waals surface area contributed by atoms with Crippen LogP contribution in [0.5, 0.6) is 0 Å². The molecular weight excluding hydrogens is 276 g/mol. The maximum atomic E-state index is 10.7. The minimum absolute atomic E-state index is 0.117. The van der Waals surface area contributed by atoms with Gasteiger partial charge in [-0.2, -0.15) is 0 Å². The van der Waals surface area contributed by atoms with Crippen molar-refractivity contribution < 1.29 is 5.11 Å². The van der Waals surface area contributed by atoms with Crippen LogP contribution in [-0.2, 0) is 0 Å². The van der Waals surface area contributed by atoms with E-state index in [1.807, 2.05) is 24.3 Å². The summed E-state index contributed by atoms with van der Waals surface area (Å²) in [6.45, 7) is 2.22. The molecule has 1 aliphatic rings. The minimum Gasteiger partial charge on any atom is -0.388 e. The lowest BCUT2D eigenvalue weighted by molar-refractivity contribution is -0.00911. The molecule has 1 N–H and O–H groups in total. The molecule has 2 rings (SSSR count). The van der Waals surface area contributed by atoms with Gasteiger partial charge in [0.1, 0.15) is 0 Å². The van der Waals surface area contributed by atoms with Crippen molar-refractivity contribution in [3.05, 3.63) is 34.3 Å². The molecule has 1 fully saturated rings. The van der Waals surface area contributed by atoms with Crippen LogP contribution in [0.3, 0.4) is 0 Å². The molecule has 0 spiro atoms. The molecule has 1 unspecified atom stereocenters. The Kier molecular flexibility index (Phi) is 4.26. The van der Waals surface area contributed by atoms with E-state index in [0.29, 0.717) is 0 Å². The van der Waals surface area contributed by atoms with Crippen molar-refractivity contribution in [1.82, 2.24) is 0 Å². The van der Waals surface area contributed by atoms with E-state index in [9.17, 15) is 5.11 Å². The predicted molar refractivity (Wildman–Crippen MR) is 74.9 cm³/mol. The van der Waals surface area contributed by atoms with Crippen molar-refractivity contribution in [3.8, 4) is 0 Å². The van der Waals surface area contributed by atoms with Gasteiger partial charge in [0, 0.05) is 9.89 Å². The van der Waals surface area contributed by atoms with E-state index in [4.69, 9.17) is 0 Å². The van der Waals surface area contributed by atoms with Crippen LogP contribution in [0.4, 0.5) is 0 Å². The zero-order chi connectivity index (χ0) is 12.3. The van der Waals surface area contributed by atoms with Gasteiger partial charge in [-0.3, -0.25) is 0 Å². The summed E-state index contributed by atoms with van der Waals surface area (Å²) < 4.78 is 1.07. The summed E-state index contributed by atoms with van der Waals surface area (Å²) in [4.78, 5) is 0. The molecule has 0 aliphatic heterocycles. The summed E-state index contributed by atoms with van der Waals surface area (Å²) in [7, 11) is 0. The van der Waals surface area contributed by atoms with Crippen molar-refractivity contribution in [3.63, 3.8) is 0 Å². The fraction of sp³-hybridized carbons (Fsp3) is 0.600. The lowest BCUT2D eigenvalue weighted by Gasteiger charge is -2.40. The lowest BCUT2D eigenvalue weighted by Crippen LogP contribution is -2.30. The Morgan fingerprint density at radius 3 is 2.29 bits per heavy atom. The first kappa shape index (κ1) is 13.1. The number of hydrogen-bond donors (Lipinski definition) is 1. The van der Waals surface area contributed by atoms with E-state index in [1.165, 1.54) is 32.1 Å². The van der Waals surface area contributed by atoms with Crippen LogP contribution in [0.25, 0.3) is 0 Å². The Hall–Kier alpha value is -0.340. The Balaban J connectivity index is 2.21. The molecule has 0 saturated heterocycles. The first-order chi connectivity index (χ1) is 8.18. The molecule has 0 aromatic heterocycles. The van der Waals surface area contributed by atoms with Crippen LogP contribution in [0.15, 0.2) is 28.7 Å². The van der Waals surface area contributed by atoms with Crippen LogP contribution in [-0.4, -0.2) is 5.11 Å². The van der Waals surface area contributed by atoms with Crippen molar-refractivity contribution in [2.24, 2.45) is 5.41 Å². The highest BCUT2D eigenvalue weighted by atomic mass is 79.9. The van der Waals surface area contributed by atoms with Gasteiger partial charge in [-0.25, -0.2) is 0 Å². The van der Waals surface area contributed by atoms with Crippen molar-refractivity contribution in [2.45, 2.75) is 51.6 Å². The third-order valence-electron chi connectivity index (χ3n) is 4.32. The number of aliphatic hydroxyl groups excluding tert-OH is 1. The van der Waals surface area contributed by atoms with Gasteiger partial charge in [-0.15, -0.1) is 0 Å². The van der Waals surface area contributed by atoms with Crippen LogP contribution in [0.2, 0.25) is 0 Å². The second-order valence-electron chi connectivity index (χ2n) is 5.23. The molecule has 0 bridgehead atoms. The molecule has 2 heteroatoms. The highest BCUT2D eigenvalue weighted by Gasteiger charge is 2.37. The standard InChI is InChI=1S/C15H21BrO/c1-2-15(10-4-3-5-11-15)14(17)12-6-8-13(16)9-7-12/h6-9,14,17H,2-5,10-11H2,1H3. The monoisotopic (exact) mass is 296 g/mol. The third-order valence-corrected chi connectivity index (χ3v) is 4.85. The highest BCUT2D eigenvalue weighted by Crippen LogP contribution is 2.48. The van der Waals surface area contributed by atoms with Gasteiger partial charge in [0.15, 0.2) is 0 Å². The van der Waals surface area contributed by atoms with Crippen LogP contribution in [0.1, 0.15) is 57.1 Å². The summed E-state index contributed by atoms with van der Waals surface area (Å²) in [6.07, 6.45) is 6.96. The molecule has 1 atom stereocenters. The smallest absolute Gasteiger partial charge is 0.0846 e. The van der Waals surface area contributed by atoms with Crippen molar-refractivity contribution in [2.75, 3.05) is 0 Å². The molecule has 1 aliphatic carbocycles. The molecule has 0 heterocycles. The van der Waals surface area contributed by atoms with Gasteiger partial charge in [0.25, 0.3) is 0 Å². The van der Waals surface area contributed by atoms with E-state index in [1.54, 1.807) is 0 Å². The SMILES string of the molecule is CCC1(C(O)c2ccc(Br)cc2)CCCCC1. The Labute approximate surface area is 112 Å². The van der Waals surface area contributed by atoms with E-state index in [-0.39, 0.29) is 11.5 Å². The maximum Gasteiger partial charge on any atom is 0.0846 e. The zero-order valence-corrected chi connectivity index (χ0v) is 12.0. The number of benzene rings is 1. The molecule has 1 saturated carbocycles. The molecule has 1 nitrogen and oxygen atoms in total. The Morgan fingerprint density at radius 1 is 1.18 bits per heavy atom. The Morgan fingerprint density at radius 2 is 1.76 bits per heavy atom. The summed E-state index contributed by atoms with van der Waals surface area (Å²) in [5.41, 5.74) is 1.18. The zero-order valence-electron chi connectivity index (χ0n) is 10.5. The highest BCUT2D eigenvalue weighted by molar-refractivity contribution is 9.10. The topological polar surface area (TPSA) is 20.2 Å². The fourth-order valence-electron chi connectivity index (χ4n) is 3.07. The third kappa shape index (κ3) is 2.74. The quantitative estimate of drug-likeness (QED) is 0.846. The van der Waals surface area contributed by atoms with E-state index >= 15 is 0 Å². The first-order valence-electron chi connectivity index (χ1n) is 6.61.